The van der Waals surface area contributed by atoms with Gasteiger partial charge in [-0.05, 0) is 54.7 Å². The number of nitrogens with one attached hydrogen (secondary N) is 1. The summed E-state index contributed by atoms with van der Waals surface area (Å²) < 4.78 is 11.5. The minimum atomic E-state index is -0.898. The fraction of sp³-hybridized carbons (Fsp3) is 0.250. The summed E-state index contributed by atoms with van der Waals surface area (Å²) in [5.41, 5.74) is 7.02. The highest BCUT2D eigenvalue weighted by Gasteiger charge is 2.25. The third-order valence-corrected chi connectivity index (χ3v) is 8.19. The van der Waals surface area contributed by atoms with Gasteiger partial charge in [-0.25, -0.2) is 4.98 Å². The fourth-order valence-electron chi connectivity index (χ4n) is 5.54. The molecule has 0 aliphatic carbocycles. The Kier molecular flexibility index (Phi) is 12.5. The smallest absolute Gasteiger partial charge is 0.329 e. The maximum absolute atomic E-state index is 13.1. The predicted molar refractivity (Wildman–Crippen MR) is 185 cm³/mol. The first-order valence-corrected chi connectivity index (χ1v) is 16.5. The molecule has 0 amide bonds. The number of benzene rings is 4. The van der Waals surface area contributed by atoms with E-state index in [1.54, 1.807) is 30.5 Å². The normalized spacial score (nSPS) is 14.3. The van der Waals surface area contributed by atoms with E-state index in [0.29, 0.717) is 48.8 Å². The highest BCUT2D eigenvalue weighted by Crippen LogP contribution is 2.23. The summed E-state index contributed by atoms with van der Waals surface area (Å²) in [5, 5.41) is 9.97. The van der Waals surface area contributed by atoms with E-state index >= 15 is 0 Å². The van der Waals surface area contributed by atoms with Gasteiger partial charge in [0.1, 0.15) is 12.0 Å². The van der Waals surface area contributed by atoms with Crippen LogP contribution in [0.2, 0.25) is 0 Å². The summed E-state index contributed by atoms with van der Waals surface area (Å²) in [6.07, 6.45) is 4.82. The fourth-order valence-corrected chi connectivity index (χ4v) is 5.54. The van der Waals surface area contributed by atoms with Crippen molar-refractivity contribution in [3.63, 3.8) is 0 Å². The van der Waals surface area contributed by atoms with Gasteiger partial charge < -0.3 is 19.1 Å². The van der Waals surface area contributed by atoms with Gasteiger partial charge in [-0.15, -0.1) is 0 Å². The zero-order valence-corrected chi connectivity index (χ0v) is 27.4. The Morgan fingerprint density at radius 2 is 1.61 bits per heavy atom. The summed E-state index contributed by atoms with van der Waals surface area (Å²) in [6, 6.07) is 33.5. The average Bonchev–Trinajstić information content (AvgIpc) is 3.78. The van der Waals surface area contributed by atoms with E-state index in [0.717, 1.165) is 35.2 Å². The van der Waals surface area contributed by atoms with E-state index in [9.17, 15) is 19.5 Å². The molecular weight excluding hydrogens is 620 g/mol. The Morgan fingerprint density at radius 1 is 0.918 bits per heavy atom. The molecule has 6 rings (SSSR count). The topological polar surface area (TPSA) is 128 Å². The zero-order chi connectivity index (χ0) is 34.4. The highest BCUT2D eigenvalue weighted by atomic mass is 16.7. The number of rotatable bonds is 14. The number of hydroxylamine groups is 1. The number of hydrogen-bond donors (Lipinski definition) is 2. The molecule has 1 aromatic heterocycles. The molecule has 0 saturated carbocycles. The summed E-state index contributed by atoms with van der Waals surface area (Å²) in [4.78, 5) is 45.0. The Hall–Kier alpha value is -5.54. The summed E-state index contributed by atoms with van der Waals surface area (Å²) in [7, 11) is 0. The van der Waals surface area contributed by atoms with Gasteiger partial charge in [0.05, 0.1) is 24.1 Å². The van der Waals surface area contributed by atoms with Crippen LogP contribution < -0.4 is 10.2 Å². The maximum Gasteiger partial charge on any atom is 0.329 e. The summed E-state index contributed by atoms with van der Waals surface area (Å²) in [5.74, 6) is -0.399. The molecule has 1 saturated heterocycles. The molecule has 49 heavy (non-hydrogen) atoms. The standard InChI is InChI=1S/C34H29NO5.C6H11NO2/c36-32(25-9-3-1-4-10-25)31-14-8-7-13-27(31)22-28(34(37)38)21-24-15-17-30(18-16-24)39-20-19-29-23-40-33(35-29)26-11-5-2-6-12-26;1-2-3-5-4-7-9-6(5)8/h1-18,23,28H,19-22H2,(H,37,38);5,7H,2-4H2,1H3/t28-;/m1./s1. The van der Waals surface area contributed by atoms with Crippen molar-refractivity contribution in [2.24, 2.45) is 11.8 Å². The molecule has 5 aromatic rings. The molecule has 252 valence electrons. The van der Waals surface area contributed by atoms with Gasteiger partial charge in [-0.2, -0.15) is 5.48 Å². The molecule has 1 fully saturated rings. The van der Waals surface area contributed by atoms with Crippen molar-refractivity contribution in [3.05, 3.63) is 143 Å². The van der Waals surface area contributed by atoms with Crippen LogP contribution in [0.1, 0.15) is 52.5 Å². The first-order chi connectivity index (χ1) is 23.9. The Labute approximate surface area is 285 Å². The van der Waals surface area contributed by atoms with Crippen molar-refractivity contribution in [1.29, 1.82) is 0 Å². The number of ether oxygens (including phenoxy) is 1. The Morgan fingerprint density at radius 3 is 2.29 bits per heavy atom. The van der Waals surface area contributed by atoms with Gasteiger partial charge in [0.25, 0.3) is 0 Å². The lowest BCUT2D eigenvalue weighted by Gasteiger charge is -2.16. The molecule has 9 heteroatoms. The molecule has 1 aliphatic heterocycles. The molecular formula is C40H40N2O7. The lowest BCUT2D eigenvalue weighted by atomic mass is 9.88. The van der Waals surface area contributed by atoms with Gasteiger partial charge in [-0.3, -0.25) is 14.4 Å². The van der Waals surface area contributed by atoms with Crippen LogP contribution in [0.5, 0.6) is 5.75 Å². The number of carboxylic acids is 1. The van der Waals surface area contributed by atoms with E-state index in [4.69, 9.17) is 9.15 Å². The highest BCUT2D eigenvalue weighted by molar-refractivity contribution is 6.09. The lowest BCUT2D eigenvalue weighted by Crippen LogP contribution is -2.20. The van der Waals surface area contributed by atoms with Gasteiger partial charge in [0.15, 0.2) is 5.78 Å². The number of nitrogens with zero attached hydrogens (tertiary/aromatic N) is 1. The second-order valence-corrected chi connectivity index (χ2v) is 11.8. The first kappa shape index (κ1) is 34.8. The van der Waals surface area contributed by atoms with Crippen molar-refractivity contribution >= 4 is 17.7 Å². The second kappa shape index (κ2) is 17.6. The molecule has 0 radical (unpaired) electrons. The van der Waals surface area contributed by atoms with Crippen LogP contribution in [0.25, 0.3) is 11.5 Å². The van der Waals surface area contributed by atoms with Crippen LogP contribution in [0.15, 0.2) is 120 Å². The SMILES string of the molecule is CCCC1CNOC1=O.O=C(c1ccccc1)c1ccccc1C[C@@H](Cc1ccc(OCCc2coc(-c3ccccc3)n2)cc1)C(=O)O. The Bertz CT molecular complexity index is 1800. The van der Waals surface area contributed by atoms with Crippen LogP contribution in [0, 0.1) is 11.8 Å². The molecule has 0 bridgehead atoms. The van der Waals surface area contributed by atoms with Crippen LogP contribution in [0.4, 0.5) is 0 Å². The predicted octanol–water partition coefficient (Wildman–Crippen LogP) is 7.14. The van der Waals surface area contributed by atoms with Crippen LogP contribution >= 0.6 is 0 Å². The van der Waals surface area contributed by atoms with Gasteiger partial charge in [-0.1, -0.05) is 98.3 Å². The Balaban J connectivity index is 0.000000452. The number of carbonyl (C=O) groups excluding carboxylic acids is 2. The number of ketones is 1. The number of aromatic nitrogens is 1. The molecule has 0 spiro atoms. The maximum atomic E-state index is 13.1. The van der Waals surface area contributed by atoms with Crippen molar-refractivity contribution in [2.45, 2.75) is 39.0 Å². The summed E-state index contributed by atoms with van der Waals surface area (Å²) in [6.45, 7) is 3.18. The van der Waals surface area contributed by atoms with Gasteiger partial charge in [0, 0.05) is 29.7 Å². The van der Waals surface area contributed by atoms with Crippen LogP contribution in [-0.2, 0) is 33.7 Å². The molecule has 2 atom stereocenters. The minimum Gasteiger partial charge on any atom is -0.493 e. The van der Waals surface area contributed by atoms with Crippen molar-refractivity contribution in [3.8, 4) is 17.2 Å². The largest absolute Gasteiger partial charge is 0.493 e. The molecule has 2 heterocycles. The second-order valence-electron chi connectivity index (χ2n) is 11.8. The number of hydrogen-bond acceptors (Lipinski definition) is 8. The monoisotopic (exact) mass is 660 g/mol. The molecule has 1 aliphatic rings. The van der Waals surface area contributed by atoms with Crippen molar-refractivity contribution in [1.82, 2.24) is 10.5 Å². The minimum absolute atomic E-state index is 0.100. The van der Waals surface area contributed by atoms with E-state index in [1.165, 1.54) is 0 Å². The zero-order valence-electron chi connectivity index (χ0n) is 27.4. The molecule has 4 aromatic carbocycles. The van der Waals surface area contributed by atoms with Crippen LogP contribution in [0.3, 0.4) is 0 Å². The third kappa shape index (κ3) is 9.98. The lowest BCUT2D eigenvalue weighted by molar-refractivity contribution is -0.146. The number of carbonyl (C=O) groups is 3. The summed E-state index contributed by atoms with van der Waals surface area (Å²) >= 11 is 0. The van der Waals surface area contributed by atoms with Gasteiger partial charge >= 0.3 is 11.9 Å². The average molecular weight is 661 g/mol. The third-order valence-electron chi connectivity index (χ3n) is 8.19. The number of oxazole rings is 1. The van der Waals surface area contributed by atoms with Gasteiger partial charge in [0.2, 0.25) is 5.89 Å². The van der Waals surface area contributed by atoms with Crippen molar-refractivity contribution < 1.29 is 33.5 Å². The molecule has 1 unspecified atom stereocenters. The number of carboxylic acid groups (broad SMARTS) is 1. The number of aliphatic carboxylic acids is 1. The molecule has 9 nitrogen and oxygen atoms in total. The van der Waals surface area contributed by atoms with E-state index in [2.05, 4.69) is 22.2 Å². The quantitative estimate of drug-likeness (QED) is 0.119. The van der Waals surface area contributed by atoms with E-state index < -0.39 is 11.9 Å². The van der Waals surface area contributed by atoms with Crippen LogP contribution in [-0.4, -0.2) is 41.0 Å². The molecule has 2 N–H and O–H groups in total. The first-order valence-electron chi connectivity index (χ1n) is 16.5. The van der Waals surface area contributed by atoms with E-state index in [1.807, 2.05) is 84.9 Å². The van der Waals surface area contributed by atoms with E-state index in [-0.39, 0.29) is 24.1 Å². The van der Waals surface area contributed by atoms with Crippen molar-refractivity contribution in [2.75, 3.05) is 13.2 Å².